The average Bonchev–Trinajstić information content (AvgIpc) is 3.09. The van der Waals surface area contributed by atoms with E-state index in [0.717, 1.165) is 24.0 Å². The SMILES string of the molecule is N#Cc1ccc(-c2cnc(N3CCC(NCc4ccc(/C=C/C(=O)NO)cc4)CC3)c(C#N)c2-c2ccc(C#N)c(F)c2)cc1O. The van der Waals surface area contributed by atoms with Crippen molar-refractivity contribution in [3.05, 3.63) is 107 Å². The van der Waals surface area contributed by atoms with Gasteiger partial charge in [-0.2, -0.15) is 15.8 Å². The number of aromatic nitrogens is 1. The second kappa shape index (κ2) is 14.1. The minimum absolute atomic E-state index is 0.0927. The Hall–Kier alpha value is -6.06. The molecule has 0 aliphatic carbocycles. The fraction of sp³-hybridized carbons (Fsp3) is 0.171. The maximum Gasteiger partial charge on any atom is 0.267 e. The van der Waals surface area contributed by atoms with Crippen LogP contribution in [0.15, 0.2) is 72.9 Å². The molecule has 4 aromatic rings. The van der Waals surface area contributed by atoms with Crippen molar-refractivity contribution in [3.8, 4) is 46.2 Å². The highest BCUT2D eigenvalue weighted by atomic mass is 19.1. The normalized spacial score (nSPS) is 13.2. The zero-order valence-electron chi connectivity index (χ0n) is 24.5. The number of nitriles is 3. The molecule has 3 aromatic carbocycles. The fourth-order valence-corrected chi connectivity index (χ4v) is 5.43. The topological polar surface area (TPSA) is 169 Å². The van der Waals surface area contributed by atoms with Crippen LogP contribution in [-0.2, 0) is 11.3 Å². The van der Waals surface area contributed by atoms with E-state index in [9.17, 15) is 30.1 Å². The van der Waals surface area contributed by atoms with Gasteiger partial charge in [-0.1, -0.05) is 36.4 Å². The van der Waals surface area contributed by atoms with Gasteiger partial charge in [0.05, 0.1) is 11.1 Å². The number of phenols is 1. The van der Waals surface area contributed by atoms with Crippen molar-refractivity contribution in [3.63, 3.8) is 0 Å². The largest absolute Gasteiger partial charge is 0.507 e. The third-order valence-electron chi connectivity index (χ3n) is 7.88. The molecule has 2 heterocycles. The first-order chi connectivity index (χ1) is 22.3. The number of nitrogens with zero attached hydrogens (tertiary/aromatic N) is 5. The highest BCUT2D eigenvalue weighted by Gasteiger charge is 2.26. The first-order valence-electron chi connectivity index (χ1n) is 14.4. The predicted octanol–water partition coefficient (Wildman–Crippen LogP) is 5.15. The third kappa shape index (κ3) is 6.85. The Balaban J connectivity index is 1.37. The van der Waals surface area contributed by atoms with E-state index in [2.05, 4.69) is 16.4 Å². The molecule has 0 bridgehead atoms. The minimum atomic E-state index is -0.719. The Morgan fingerprint density at radius 2 is 1.67 bits per heavy atom. The van der Waals surface area contributed by atoms with Gasteiger partial charge in [-0.15, -0.1) is 0 Å². The van der Waals surface area contributed by atoms with E-state index in [4.69, 9.17) is 5.21 Å². The molecule has 0 atom stereocenters. The van der Waals surface area contributed by atoms with Crippen LogP contribution in [0.5, 0.6) is 5.75 Å². The van der Waals surface area contributed by atoms with Gasteiger partial charge in [0.25, 0.3) is 5.91 Å². The minimum Gasteiger partial charge on any atom is -0.507 e. The number of phenolic OH excluding ortho intramolecular Hbond substituents is 1. The Morgan fingerprint density at radius 3 is 2.30 bits per heavy atom. The fourth-order valence-electron chi connectivity index (χ4n) is 5.43. The summed E-state index contributed by atoms with van der Waals surface area (Å²) in [7, 11) is 0. The molecule has 0 radical (unpaired) electrons. The number of hydrogen-bond donors (Lipinski definition) is 4. The van der Waals surface area contributed by atoms with E-state index in [1.54, 1.807) is 29.9 Å². The molecule has 10 nitrogen and oxygen atoms in total. The zero-order chi connectivity index (χ0) is 32.6. The molecular weight excluding hydrogens is 585 g/mol. The van der Waals surface area contributed by atoms with Crippen molar-refractivity contribution in [2.75, 3.05) is 18.0 Å². The molecule has 1 saturated heterocycles. The Kier molecular flexibility index (Phi) is 9.65. The Morgan fingerprint density at radius 1 is 0.978 bits per heavy atom. The van der Waals surface area contributed by atoms with Crippen LogP contribution in [-0.4, -0.2) is 40.3 Å². The summed E-state index contributed by atoms with van der Waals surface area (Å²) >= 11 is 0. The molecule has 1 aliphatic rings. The van der Waals surface area contributed by atoms with Gasteiger partial charge >= 0.3 is 0 Å². The average molecular weight is 614 g/mol. The monoisotopic (exact) mass is 613 g/mol. The van der Waals surface area contributed by atoms with Crippen LogP contribution >= 0.6 is 0 Å². The van der Waals surface area contributed by atoms with Crippen LogP contribution in [0.4, 0.5) is 10.2 Å². The van der Waals surface area contributed by atoms with E-state index in [0.29, 0.717) is 47.7 Å². The molecule has 1 aliphatic heterocycles. The molecule has 228 valence electrons. The van der Waals surface area contributed by atoms with Gasteiger partial charge in [-0.05, 0) is 65.4 Å². The number of aromatic hydroxyl groups is 1. The number of halogens is 1. The zero-order valence-corrected chi connectivity index (χ0v) is 24.5. The number of hydrogen-bond acceptors (Lipinski definition) is 9. The summed E-state index contributed by atoms with van der Waals surface area (Å²) in [6.45, 7) is 1.89. The number of carbonyl (C=O) groups is 1. The highest BCUT2D eigenvalue weighted by Crippen LogP contribution is 2.40. The summed E-state index contributed by atoms with van der Waals surface area (Å²) in [5, 5.41) is 51.5. The summed E-state index contributed by atoms with van der Waals surface area (Å²) in [4.78, 5) is 17.9. The van der Waals surface area contributed by atoms with Gasteiger partial charge in [-0.3, -0.25) is 10.0 Å². The van der Waals surface area contributed by atoms with Gasteiger partial charge in [0, 0.05) is 49.1 Å². The van der Waals surface area contributed by atoms with Gasteiger partial charge in [0.1, 0.15) is 41.2 Å². The molecular formula is C35H28FN7O3. The second-order valence-electron chi connectivity index (χ2n) is 10.7. The number of carbonyl (C=O) groups excluding carboxylic acids is 1. The number of benzene rings is 3. The van der Waals surface area contributed by atoms with E-state index in [1.165, 1.54) is 30.3 Å². The van der Waals surface area contributed by atoms with Gasteiger partial charge < -0.3 is 15.3 Å². The first kappa shape index (κ1) is 31.4. The number of nitrogens with one attached hydrogen (secondary N) is 2. The van der Waals surface area contributed by atoms with Crippen molar-refractivity contribution < 1.29 is 19.5 Å². The van der Waals surface area contributed by atoms with Crippen LogP contribution in [0.1, 0.15) is 40.7 Å². The van der Waals surface area contributed by atoms with E-state index in [-0.39, 0.29) is 28.5 Å². The number of pyridine rings is 1. The van der Waals surface area contributed by atoms with E-state index < -0.39 is 11.7 Å². The first-order valence-corrected chi connectivity index (χ1v) is 14.4. The van der Waals surface area contributed by atoms with Crippen molar-refractivity contribution in [2.45, 2.75) is 25.4 Å². The second-order valence-corrected chi connectivity index (χ2v) is 10.7. The predicted molar refractivity (Wildman–Crippen MR) is 168 cm³/mol. The molecule has 4 N–H and O–H groups in total. The van der Waals surface area contributed by atoms with Gasteiger partial charge in [0.15, 0.2) is 0 Å². The Labute approximate surface area is 264 Å². The molecule has 0 saturated carbocycles. The van der Waals surface area contributed by atoms with E-state index >= 15 is 0 Å². The number of piperidine rings is 1. The smallest absolute Gasteiger partial charge is 0.267 e. The van der Waals surface area contributed by atoms with Crippen molar-refractivity contribution in [2.24, 2.45) is 0 Å². The van der Waals surface area contributed by atoms with Crippen molar-refractivity contribution in [1.29, 1.82) is 15.8 Å². The van der Waals surface area contributed by atoms with Crippen molar-refractivity contribution >= 4 is 17.8 Å². The van der Waals surface area contributed by atoms with Crippen LogP contribution in [0.25, 0.3) is 28.3 Å². The molecule has 1 aromatic heterocycles. The summed E-state index contributed by atoms with van der Waals surface area (Å²) < 4.78 is 14.8. The van der Waals surface area contributed by atoms with Crippen LogP contribution in [0.3, 0.4) is 0 Å². The van der Waals surface area contributed by atoms with E-state index in [1.807, 2.05) is 41.3 Å². The highest BCUT2D eigenvalue weighted by molar-refractivity contribution is 5.91. The third-order valence-corrected chi connectivity index (χ3v) is 7.88. The molecule has 1 amide bonds. The lowest BCUT2D eigenvalue weighted by Crippen LogP contribution is -2.42. The van der Waals surface area contributed by atoms with Crippen LogP contribution in [0, 0.1) is 39.8 Å². The maximum absolute atomic E-state index is 14.8. The molecule has 46 heavy (non-hydrogen) atoms. The lowest BCUT2D eigenvalue weighted by Gasteiger charge is -2.34. The standard InChI is InChI=1S/C35H28FN7O3/c36-31-15-25(7-8-26(31)17-37)34-29(19-39)35(41-21-30(34)24-6-9-27(18-38)32(44)16-24)43-13-11-28(12-14-43)40-20-23-3-1-22(2-4-23)5-10-33(45)42-46/h1-10,15-16,21,28,40,44,46H,11-14,20H2,(H,42,45)/b10-5+. The summed E-state index contributed by atoms with van der Waals surface area (Å²) in [6, 6.07) is 22.6. The molecule has 5 rings (SSSR count). The number of amides is 1. The number of anilines is 1. The Bertz CT molecular complexity index is 1930. The maximum atomic E-state index is 14.8. The molecule has 0 unspecified atom stereocenters. The quantitative estimate of drug-likeness (QED) is 0.119. The number of rotatable bonds is 8. The summed E-state index contributed by atoms with van der Waals surface area (Å²) in [6.07, 6.45) is 6.00. The van der Waals surface area contributed by atoms with Crippen molar-refractivity contribution in [1.82, 2.24) is 15.8 Å². The molecule has 0 spiro atoms. The summed E-state index contributed by atoms with van der Waals surface area (Å²) in [5.41, 5.74) is 5.42. The lowest BCUT2D eigenvalue weighted by atomic mass is 9.90. The molecule has 1 fully saturated rings. The van der Waals surface area contributed by atoms with Gasteiger partial charge in [0.2, 0.25) is 0 Å². The van der Waals surface area contributed by atoms with Crippen LogP contribution < -0.4 is 15.7 Å². The lowest BCUT2D eigenvalue weighted by molar-refractivity contribution is -0.124. The summed E-state index contributed by atoms with van der Waals surface area (Å²) in [5.74, 6) is -1.09. The number of hydroxylamine groups is 1. The van der Waals surface area contributed by atoms with Crippen LogP contribution in [0.2, 0.25) is 0 Å². The van der Waals surface area contributed by atoms with Gasteiger partial charge in [-0.25, -0.2) is 14.9 Å². The molecule has 11 heteroatoms.